The van der Waals surface area contributed by atoms with Crippen molar-refractivity contribution in [3.05, 3.63) is 95.8 Å². The molecule has 4 rings (SSSR count). The van der Waals surface area contributed by atoms with Crippen LogP contribution in [-0.4, -0.2) is 21.0 Å². The summed E-state index contributed by atoms with van der Waals surface area (Å²) in [6.45, 7) is 1.72. The quantitative estimate of drug-likeness (QED) is 0.366. The first-order chi connectivity index (χ1) is 15.6. The van der Waals surface area contributed by atoms with Crippen LogP contribution < -0.4 is 4.74 Å². The number of pyridine rings is 1. The number of fused-ring (bicyclic) bond motifs is 1. The van der Waals surface area contributed by atoms with Gasteiger partial charge in [0.15, 0.2) is 0 Å². The molecule has 2 aromatic carbocycles. The molecule has 0 saturated carbocycles. The molecule has 0 saturated heterocycles. The van der Waals surface area contributed by atoms with E-state index in [1.165, 1.54) is 0 Å². The Morgan fingerprint density at radius 3 is 2.56 bits per heavy atom. The zero-order chi connectivity index (χ0) is 22.3. The summed E-state index contributed by atoms with van der Waals surface area (Å²) in [5, 5.41) is 10.2. The van der Waals surface area contributed by atoms with Crippen LogP contribution in [0.15, 0.2) is 79.0 Å². The van der Waals surface area contributed by atoms with Crippen LogP contribution in [0.5, 0.6) is 5.75 Å². The molecule has 0 bridgehead atoms. The Kier molecular flexibility index (Phi) is 6.52. The van der Waals surface area contributed by atoms with E-state index in [9.17, 15) is 4.79 Å². The molecule has 4 aromatic rings. The average molecular weight is 425 g/mol. The zero-order valence-electron chi connectivity index (χ0n) is 17.8. The van der Waals surface area contributed by atoms with Gasteiger partial charge in [-0.15, -0.1) is 5.92 Å². The lowest BCUT2D eigenvalue weighted by molar-refractivity contribution is -0.137. The fourth-order valence-electron chi connectivity index (χ4n) is 3.70. The monoisotopic (exact) mass is 424 g/mol. The van der Waals surface area contributed by atoms with Crippen molar-refractivity contribution >= 4 is 17.0 Å². The molecule has 2 atom stereocenters. The highest BCUT2D eigenvalue weighted by molar-refractivity contribution is 5.75. The van der Waals surface area contributed by atoms with Crippen molar-refractivity contribution < 1.29 is 14.6 Å². The highest BCUT2D eigenvalue weighted by Gasteiger charge is 2.18. The Balaban J connectivity index is 1.60. The molecule has 0 spiro atoms. The van der Waals surface area contributed by atoms with Gasteiger partial charge in [-0.1, -0.05) is 48.4 Å². The number of hydrogen-bond acceptors (Lipinski definition) is 3. The molecule has 0 radical (unpaired) electrons. The molecular formula is C27H24N2O3. The van der Waals surface area contributed by atoms with E-state index < -0.39 is 5.97 Å². The fraction of sp³-hybridized carbons (Fsp3) is 0.185. The lowest BCUT2D eigenvalue weighted by atomic mass is 9.96. The number of benzene rings is 2. The SMILES string of the molecule is CC#CC(CC(=O)O)c1ccc(OC(Cc2ccccc2)c2ccc3cc[nH]c3n2)cc1. The Morgan fingerprint density at radius 2 is 1.84 bits per heavy atom. The summed E-state index contributed by atoms with van der Waals surface area (Å²) in [6, 6.07) is 23.7. The third-order valence-electron chi connectivity index (χ3n) is 5.28. The molecule has 0 amide bonds. The predicted molar refractivity (Wildman–Crippen MR) is 124 cm³/mol. The molecule has 2 aromatic heterocycles. The van der Waals surface area contributed by atoms with Gasteiger partial charge in [0.25, 0.3) is 0 Å². The highest BCUT2D eigenvalue weighted by atomic mass is 16.5. The first-order valence-electron chi connectivity index (χ1n) is 10.5. The summed E-state index contributed by atoms with van der Waals surface area (Å²) in [4.78, 5) is 19.1. The summed E-state index contributed by atoms with van der Waals surface area (Å²) >= 11 is 0. The average Bonchev–Trinajstić information content (AvgIpc) is 3.27. The van der Waals surface area contributed by atoms with E-state index in [1.54, 1.807) is 6.92 Å². The lowest BCUT2D eigenvalue weighted by Gasteiger charge is -2.20. The number of carbonyl (C=O) groups is 1. The van der Waals surface area contributed by atoms with Crippen molar-refractivity contribution in [1.82, 2.24) is 9.97 Å². The molecule has 0 fully saturated rings. The maximum Gasteiger partial charge on any atom is 0.304 e. The number of H-pyrrole nitrogens is 1. The molecule has 160 valence electrons. The molecule has 0 aliphatic rings. The number of hydrogen-bond donors (Lipinski definition) is 2. The number of rotatable bonds is 8. The standard InChI is InChI=1S/C27H24N2O3/c1-2-6-22(18-26(30)31)20-9-12-23(13-10-20)32-25(17-19-7-4-3-5-8-19)24-14-11-21-15-16-28-27(21)29-24/h3-5,7-16,22,25H,17-18H2,1H3,(H,28,29)(H,30,31). The highest BCUT2D eigenvalue weighted by Crippen LogP contribution is 2.28. The third-order valence-corrected chi connectivity index (χ3v) is 5.28. The number of nitrogens with zero attached hydrogens (tertiary/aromatic N) is 1. The van der Waals surface area contributed by atoms with Crippen LogP contribution >= 0.6 is 0 Å². The summed E-state index contributed by atoms with van der Waals surface area (Å²) in [6.07, 6.45) is 2.24. The lowest BCUT2D eigenvalue weighted by Crippen LogP contribution is -2.13. The number of ether oxygens (including phenoxy) is 1. The molecule has 0 aliphatic carbocycles. The Morgan fingerprint density at radius 1 is 1.06 bits per heavy atom. The first-order valence-corrected chi connectivity index (χ1v) is 10.5. The molecular weight excluding hydrogens is 400 g/mol. The van der Waals surface area contributed by atoms with Gasteiger partial charge in [-0.3, -0.25) is 4.79 Å². The van der Waals surface area contributed by atoms with Gasteiger partial charge in [-0.2, -0.15) is 0 Å². The van der Waals surface area contributed by atoms with Crippen LogP contribution in [0.3, 0.4) is 0 Å². The first kappa shape index (κ1) is 21.2. The van der Waals surface area contributed by atoms with Crippen LogP contribution in [-0.2, 0) is 11.2 Å². The van der Waals surface area contributed by atoms with Crippen molar-refractivity contribution in [2.24, 2.45) is 0 Å². The third kappa shape index (κ3) is 5.16. The molecule has 32 heavy (non-hydrogen) atoms. The second-order valence-corrected chi connectivity index (χ2v) is 7.56. The number of carboxylic acids is 1. The van der Waals surface area contributed by atoms with E-state index in [1.807, 2.05) is 66.9 Å². The largest absolute Gasteiger partial charge is 0.484 e. The van der Waals surface area contributed by atoms with E-state index in [0.29, 0.717) is 12.2 Å². The maximum atomic E-state index is 11.2. The van der Waals surface area contributed by atoms with Crippen molar-refractivity contribution in [2.45, 2.75) is 31.8 Å². The molecule has 5 heteroatoms. The normalized spacial score (nSPS) is 12.5. The van der Waals surface area contributed by atoms with Crippen LogP contribution in [0.1, 0.15) is 42.2 Å². The topological polar surface area (TPSA) is 75.2 Å². The zero-order valence-corrected chi connectivity index (χ0v) is 17.8. The van der Waals surface area contributed by atoms with Crippen molar-refractivity contribution in [2.75, 3.05) is 0 Å². The molecule has 2 heterocycles. The van der Waals surface area contributed by atoms with Crippen LogP contribution in [0.4, 0.5) is 0 Å². The van der Waals surface area contributed by atoms with Crippen molar-refractivity contribution in [3.63, 3.8) is 0 Å². The van der Waals surface area contributed by atoms with Gasteiger partial charge in [0.05, 0.1) is 18.0 Å². The van der Waals surface area contributed by atoms with Crippen LogP contribution in [0, 0.1) is 11.8 Å². The number of aliphatic carboxylic acids is 1. The molecule has 5 nitrogen and oxygen atoms in total. The van der Waals surface area contributed by atoms with E-state index in [0.717, 1.165) is 27.9 Å². The number of aromatic amines is 1. The van der Waals surface area contributed by atoms with Crippen molar-refractivity contribution in [3.8, 4) is 17.6 Å². The number of carboxylic acid groups (broad SMARTS) is 1. The van der Waals surface area contributed by atoms with E-state index in [2.05, 4.69) is 29.0 Å². The summed E-state index contributed by atoms with van der Waals surface area (Å²) in [7, 11) is 0. The molecule has 2 unspecified atom stereocenters. The Hall–Kier alpha value is -4.04. The minimum Gasteiger partial charge on any atom is -0.484 e. The van der Waals surface area contributed by atoms with Gasteiger partial charge in [0.2, 0.25) is 0 Å². The summed E-state index contributed by atoms with van der Waals surface area (Å²) < 4.78 is 6.38. The Bertz CT molecular complexity index is 1250. The van der Waals surface area contributed by atoms with Crippen molar-refractivity contribution in [1.29, 1.82) is 0 Å². The summed E-state index contributed by atoms with van der Waals surface area (Å²) in [5.74, 6) is 5.29. The van der Waals surface area contributed by atoms with Gasteiger partial charge in [0, 0.05) is 18.0 Å². The fourth-order valence-corrected chi connectivity index (χ4v) is 3.70. The second-order valence-electron chi connectivity index (χ2n) is 7.56. The van der Waals surface area contributed by atoms with Crippen LogP contribution in [0.2, 0.25) is 0 Å². The maximum absolute atomic E-state index is 11.2. The van der Waals surface area contributed by atoms with Gasteiger partial charge in [-0.25, -0.2) is 4.98 Å². The Labute approximate surface area is 187 Å². The van der Waals surface area contributed by atoms with Gasteiger partial charge in [0.1, 0.15) is 17.5 Å². The van der Waals surface area contributed by atoms with E-state index >= 15 is 0 Å². The van der Waals surface area contributed by atoms with E-state index in [-0.39, 0.29) is 18.4 Å². The second kappa shape index (κ2) is 9.84. The smallest absolute Gasteiger partial charge is 0.304 e. The predicted octanol–water partition coefficient (Wildman–Crippen LogP) is 5.51. The van der Waals surface area contributed by atoms with E-state index in [4.69, 9.17) is 14.8 Å². The van der Waals surface area contributed by atoms with Gasteiger partial charge < -0.3 is 14.8 Å². The van der Waals surface area contributed by atoms with Gasteiger partial charge >= 0.3 is 5.97 Å². The summed E-state index contributed by atoms with van der Waals surface area (Å²) in [5.41, 5.74) is 3.68. The molecule has 0 aliphatic heterocycles. The van der Waals surface area contributed by atoms with Crippen LogP contribution in [0.25, 0.3) is 11.0 Å². The van der Waals surface area contributed by atoms with Gasteiger partial charge in [-0.05, 0) is 48.4 Å². The molecule has 2 N–H and O–H groups in total. The minimum absolute atomic E-state index is 0.0300. The minimum atomic E-state index is -0.869. The number of nitrogens with one attached hydrogen (secondary N) is 1. The number of aromatic nitrogens is 2.